The van der Waals surface area contributed by atoms with Crippen LogP contribution < -0.4 is 19.7 Å². The van der Waals surface area contributed by atoms with Crippen LogP contribution in [-0.4, -0.2) is 30.1 Å². The lowest BCUT2D eigenvalue weighted by Gasteiger charge is -2.29. The van der Waals surface area contributed by atoms with Crippen molar-refractivity contribution in [1.29, 1.82) is 0 Å². The highest BCUT2D eigenvalue weighted by molar-refractivity contribution is 7.80. The van der Waals surface area contributed by atoms with Crippen molar-refractivity contribution < 1.29 is 19.1 Å². The fourth-order valence-electron chi connectivity index (χ4n) is 3.09. The SMILES string of the molecule is CCc1ccc(N2C(=O)/C(=C/c3ccc4c(c3)OCCO4)C(=O)NC2=S)cc1. The maximum atomic E-state index is 13.0. The van der Waals surface area contributed by atoms with E-state index >= 15 is 0 Å². The van der Waals surface area contributed by atoms with Gasteiger partial charge >= 0.3 is 0 Å². The minimum absolute atomic E-state index is 0.00449. The molecule has 4 rings (SSSR count). The lowest BCUT2D eigenvalue weighted by molar-refractivity contribution is -0.122. The smallest absolute Gasteiger partial charge is 0.270 e. The van der Waals surface area contributed by atoms with Crippen molar-refractivity contribution in [3.05, 3.63) is 59.2 Å². The molecule has 0 aliphatic carbocycles. The number of ether oxygens (including phenoxy) is 2. The fourth-order valence-corrected chi connectivity index (χ4v) is 3.37. The number of hydrogen-bond donors (Lipinski definition) is 1. The Morgan fingerprint density at radius 3 is 2.50 bits per heavy atom. The number of carbonyl (C=O) groups excluding carboxylic acids is 2. The van der Waals surface area contributed by atoms with E-state index in [-0.39, 0.29) is 10.7 Å². The van der Waals surface area contributed by atoms with Gasteiger partial charge in [-0.1, -0.05) is 25.1 Å². The lowest BCUT2D eigenvalue weighted by atomic mass is 10.1. The average molecular weight is 394 g/mol. The highest BCUT2D eigenvalue weighted by atomic mass is 32.1. The first-order valence-corrected chi connectivity index (χ1v) is 9.37. The molecule has 1 saturated heterocycles. The summed E-state index contributed by atoms with van der Waals surface area (Å²) in [6.45, 7) is 3.01. The molecule has 28 heavy (non-hydrogen) atoms. The Labute approximate surface area is 167 Å². The van der Waals surface area contributed by atoms with Crippen LogP contribution in [0.3, 0.4) is 0 Å². The van der Waals surface area contributed by atoms with Crippen LogP contribution in [-0.2, 0) is 16.0 Å². The normalized spacial score (nSPS) is 17.7. The first-order chi connectivity index (χ1) is 13.6. The molecule has 1 fully saturated rings. The number of amides is 2. The van der Waals surface area contributed by atoms with E-state index in [0.717, 1.165) is 12.0 Å². The van der Waals surface area contributed by atoms with Crippen LogP contribution in [0.1, 0.15) is 18.1 Å². The minimum atomic E-state index is -0.522. The number of carbonyl (C=O) groups is 2. The molecule has 2 aliphatic heterocycles. The summed E-state index contributed by atoms with van der Waals surface area (Å²) in [7, 11) is 0. The van der Waals surface area contributed by atoms with E-state index < -0.39 is 11.8 Å². The molecule has 7 heteroatoms. The van der Waals surface area contributed by atoms with Crippen molar-refractivity contribution in [3.63, 3.8) is 0 Å². The third-order valence-corrected chi connectivity index (χ3v) is 4.87. The monoisotopic (exact) mass is 394 g/mol. The molecule has 2 amide bonds. The summed E-state index contributed by atoms with van der Waals surface area (Å²) in [5, 5.41) is 2.66. The maximum Gasteiger partial charge on any atom is 0.270 e. The molecule has 0 bridgehead atoms. The highest BCUT2D eigenvalue weighted by Crippen LogP contribution is 2.32. The number of rotatable bonds is 3. The topological polar surface area (TPSA) is 67.9 Å². The zero-order valence-corrected chi connectivity index (χ0v) is 16.0. The van der Waals surface area contributed by atoms with E-state index in [9.17, 15) is 9.59 Å². The van der Waals surface area contributed by atoms with Crippen LogP contribution >= 0.6 is 12.2 Å². The predicted octanol–water partition coefficient (Wildman–Crippen LogP) is 2.85. The van der Waals surface area contributed by atoms with E-state index in [1.165, 1.54) is 11.0 Å². The molecular formula is C21H18N2O4S. The lowest BCUT2D eigenvalue weighted by Crippen LogP contribution is -2.54. The molecular weight excluding hydrogens is 376 g/mol. The molecule has 2 aliphatic rings. The first-order valence-electron chi connectivity index (χ1n) is 8.97. The Bertz CT molecular complexity index is 998. The van der Waals surface area contributed by atoms with Gasteiger partial charge in [0.15, 0.2) is 16.6 Å². The molecule has 2 heterocycles. The Balaban J connectivity index is 1.68. The van der Waals surface area contributed by atoms with Gasteiger partial charge in [0.1, 0.15) is 18.8 Å². The van der Waals surface area contributed by atoms with Gasteiger partial charge in [-0.05, 0) is 60.1 Å². The highest BCUT2D eigenvalue weighted by Gasteiger charge is 2.34. The summed E-state index contributed by atoms with van der Waals surface area (Å²) in [4.78, 5) is 26.8. The van der Waals surface area contributed by atoms with Crippen LogP contribution in [0.25, 0.3) is 6.08 Å². The van der Waals surface area contributed by atoms with Crippen molar-refractivity contribution in [2.45, 2.75) is 13.3 Å². The second kappa shape index (κ2) is 7.44. The quantitative estimate of drug-likeness (QED) is 0.493. The number of fused-ring (bicyclic) bond motifs is 1. The molecule has 0 spiro atoms. The van der Waals surface area contributed by atoms with Crippen LogP contribution in [0, 0.1) is 0 Å². The van der Waals surface area contributed by atoms with E-state index in [2.05, 4.69) is 12.2 Å². The van der Waals surface area contributed by atoms with Gasteiger partial charge < -0.3 is 9.47 Å². The molecule has 2 aromatic rings. The van der Waals surface area contributed by atoms with Gasteiger partial charge in [0, 0.05) is 0 Å². The second-order valence-electron chi connectivity index (χ2n) is 6.38. The summed E-state index contributed by atoms with van der Waals surface area (Å²) >= 11 is 5.23. The molecule has 0 saturated carbocycles. The van der Waals surface area contributed by atoms with Crippen molar-refractivity contribution in [2.24, 2.45) is 0 Å². The van der Waals surface area contributed by atoms with Crippen molar-refractivity contribution >= 4 is 40.9 Å². The van der Waals surface area contributed by atoms with Crippen LogP contribution in [0.2, 0.25) is 0 Å². The number of nitrogens with zero attached hydrogens (tertiary/aromatic N) is 1. The van der Waals surface area contributed by atoms with E-state index in [1.54, 1.807) is 18.2 Å². The number of hydrogen-bond acceptors (Lipinski definition) is 5. The molecule has 142 valence electrons. The zero-order chi connectivity index (χ0) is 19.7. The van der Waals surface area contributed by atoms with Gasteiger partial charge in [0.05, 0.1) is 5.69 Å². The zero-order valence-electron chi connectivity index (χ0n) is 15.2. The minimum Gasteiger partial charge on any atom is -0.486 e. The molecule has 0 atom stereocenters. The van der Waals surface area contributed by atoms with E-state index in [0.29, 0.717) is 36.0 Å². The Hall–Kier alpha value is -3.19. The van der Waals surface area contributed by atoms with Crippen LogP contribution in [0.5, 0.6) is 11.5 Å². The van der Waals surface area contributed by atoms with Crippen molar-refractivity contribution in [3.8, 4) is 11.5 Å². The Kier molecular flexibility index (Phi) is 4.83. The number of benzene rings is 2. The Morgan fingerprint density at radius 1 is 1.07 bits per heavy atom. The van der Waals surface area contributed by atoms with Crippen molar-refractivity contribution in [2.75, 3.05) is 18.1 Å². The molecule has 6 nitrogen and oxygen atoms in total. The average Bonchev–Trinajstić information content (AvgIpc) is 2.71. The predicted molar refractivity (Wildman–Crippen MR) is 109 cm³/mol. The maximum absolute atomic E-state index is 13.0. The van der Waals surface area contributed by atoms with Gasteiger partial charge in [-0.2, -0.15) is 0 Å². The summed E-state index contributed by atoms with van der Waals surface area (Å²) in [6.07, 6.45) is 2.43. The summed E-state index contributed by atoms with van der Waals surface area (Å²) in [5.41, 5.74) is 2.43. The van der Waals surface area contributed by atoms with Gasteiger partial charge in [0.2, 0.25) is 0 Å². The molecule has 0 aromatic heterocycles. The number of nitrogens with one attached hydrogen (secondary N) is 1. The largest absolute Gasteiger partial charge is 0.486 e. The molecule has 1 N–H and O–H groups in total. The van der Waals surface area contributed by atoms with E-state index in [4.69, 9.17) is 21.7 Å². The van der Waals surface area contributed by atoms with Crippen LogP contribution in [0.15, 0.2) is 48.0 Å². The number of thiocarbonyl (C=S) groups is 1. The van der Waals surface area contributed by atoms with E-state index in [1.807, 2.05) is 24.3 Å². The van der Waals surface area contributed by atoms with Crippen molar-refractivity contribution in [1.82, 2.24) is 5.32 Å². The second-order valence-corrected chi connectivity index (χ2v) is 6.77. The summed E-state index contributed by atoms with van der Waals surface area (Å²) in [6, 6.07) is 12.8. The molecule has 0 radical (unpaired) electrons. The molecule has 0 unspecified atom stereocenters. The van der Waals surface area contributed by atoms with Gasteiger partial charge in [0.25, 0.3) is 11.8 Å². The fraction of sp³-hybridized carbons (Fsp3) is 0.190. The third-order valence-electron chi connectivity index (χ3n) is 4.58. The summed E-state index contributed by atoms with van der Waals surface area (Å²) in [5.74, 6) is 0.248. The van der Waals surface area contributed by atoms with Gasteiger partial charge in [-0.15, -0.1) is 0 Å². The third kappa shape index (κ3) is 3.36. The van der Waals surface area contributed by atoms with Gasteiger partial charge in [-0.25, -0.2) is 0 Å². The van der Waals surface area contributed by atoms with Gasteiger partial charge in [-0.3, -0.25) is 19.8 Å². The Morgan fingerprint density at radius 2 is 1.79 bits per heavy atom. The number of aryl methyl sites for hydroxylation is 1. The standard InChI is InChI=1S/C21H18N2O4S/c1-2-13-3-6-15(7-4-13)23-20(25)16(19(24)22-21(23)28)11-14-5-8-17-18(12-14)27-10-9-26-17/h3-8,11-12H,2,9-10H2,1H3,(H,22,24,28)/b16-11+. The first kappa shape index (κ1) is 18.2. The number of anilines is 1. The van der Waals surface area contributed by atoms with Crippen LogP contribution in [0.4, 0.5) is 5.69 Å². The molecule has 2 aromatic carbocycles. The summed E-state index contributed by atoms with van der Waals surface area (Å²) < 4.78 is 11.1.